The summed E-state index contributed by atoms with van der Waals surface area (Å²) in [6.45, 7) is 4.26. The fourth-order valence-electron chi connectivity index (χ4n) is 2.28. The highest BCUT2D eigenvalue weighted by molar-refractivity contribution is 5.77. The van der Waals surface area contributed by atoms with Crippen molar-refractivity contribution >= 4 is 5.91 Å². The van der Waals surface area contributed by atoms with Crippen molar-refractivity contribution in [3.63, 3.8) is 0 Å². The van der Waals surface area contributed by atoms with Gasteiger partial charge in [-0.1, -0.05) is 19.4 Å². The summed E-state index contributed by atoms with van der Waals surface area (Å²) in [5, 5.41) is 2.96. The molecule has 5 heteroatoms. The Morgan fingerprint density at radius 1 is 1.40 bits per heavy atom. The molecule has 0 saturated heterocycles. The summed E-state index contributed by atoms with van der Waals surface area (Å²) in [6.07, 6.45) is 2.22. The number of benzene rings is 1. The molecule has 1 aliphatic rings. The van der Waals surface area contributed by atoms with Crippen LogP contribution in [-0.4, -0.2) is 18.7 Å². The average Bonchev–Trinajstić information content (AvgIpc) is 2.85. The van der Waals surface area contributed by atoms with E-state index in [0.717, 1.165) is 29.9 Å². The van der Waals surface area contributed by atoms with Gasteiger partial charge < -0.3 is 20.5 Å². The summed E-state index contributed by atoms with van der Waals surface area (Å²) in [7, 11) is 0. The van der Waals surface area contributed by atoms with Crippen molar-refractivity contribution in [1.29, 1.82) is 0 Å². The van der Waals surface area contributed by atoms with Crippen molar-refractivity contribution in [3.05, 3.63) is 23.8 Å². The standard InChI is InChI=1S/C15H22N2O3/c1-3-4-12(16)8-15(18)17-10(2)11-5-6-13-14(7-11)20-9-19-13/h5-7,10,12H,3-4,8-9,16H2,1-2H3,(H,17,18). The second kappa shape index (κ2) is 6.61. The van der Waals surface area contributed by atoms with Crippen molar-refractivity contribution in [1.82, 2.24) is 5.32 Å². The second-order valence-corrected chi connectivity index (χ2v) is 5.15. The zero-order valence-corrected chi connectivity index (χ0v) is 12.0. The number of amides is 1. The minimum atomic E-state index is -0.0779. The Hall–Kier alpha value is -1.75. The molecule has 1 heterocycles. The molecule has 0 fully saturated rings. The van der Waals surface area contributed by atoms with E-state index in [2.05, 4.69) is 12.2 Å². The molecule has 1 aromatic rings. The summed E-state index contributed by atoms with van der Waals surface area (Å²) in [6, 6.07) is 5.56. The Kier molecular flexibility index (Phi) is 4.84. The number of hydrogen-bond acceptors (Lipinski definition) is 4. The quantitative estimate of drug-likeness (QED) is 0.836. The molecule has 2 unspecified atom stereocenters. The number of hydrogen-bond donors (Lipinski definition) is 2. The Balaban J connectivity index is 1.91. The highest BCUT2D eigenvalue weighted by Gasteiger charge is 2.17. The zero-order chi connectivity index (χ0) is 14.5. The largest absolute Gasteiger partial charge is 0.454 e. The monoisotopic (exact) mass is 278 g/mol. The van der Waals surface area contributed by atoms with E-state index < -0.39 is 0 Å². The molecule has 3 N–H and O–H groups in total. The first-order valence-corrected chi connectivity index (χ1v) is 7.04. The molecule has 2 rings (SSSR count). The van der Waals surface area contributed by atoms with Crippen LogP contribution in [-0.2, 0) is 4.79 Å². The lowest BCUT2D eigenvalue weighted by molar-refractivity contribution is -0.122. The summed E-state index contributed by atoms with van der Waals surface area (Å²) >= 11 is 0. The molecular formula is C15H22N2O3. The molecule has 5 nitrogen and oxygen atoms in total. The van der Waals surface area contributed by atoms with Crippen LogP contribution in [0.1, 0.15) is 44.7 Å². The predicted octanol–water partition coefficient (Wildman–Crippen LogP) is 2.11. The molecule has 0 bridgehead atoms. The number of nitrogens with one attached hydrogen (secondary N) is 1. The van der Waals surface area contributed by atoms with Gasteiger partial charge in [0, 0.05) is 12.5 Å². The molecule has 0 aromatic heterocycles. The number of carbonyl (C=O) groups is 1. The molecule has 0 radical (unpaired) electrons. The van der Waals surface area contributed by atoms with Gasteiger partial charge in [-0.15, -0.1) is 0 Å². The highest BCUT2D eigenvalue weighted by Crippen LogP contribution is 2.34. The molecule has 1 aromatic carbocycles. The molecule has 1 aliphatic heterocycles. The van der Waals surface area contributed by atoms with Gasteiger partial charge in [-0.25, -0.2) is 0 Å². The van der Waals surface area contributed by atoms with E-state index in [-0.39, 0.29) is 24.8 Å². The number of ether oxygens (including phenoxy) is 2. The maximum Gasteiger partial charge on any atom is 0.231 e. The molecule has 0 saturated carbocycles. The summed E-state index contributed by atoms with van der Waals surface area (Å²) in [5.41, 5.74) is 6.87. The van der Waals surface area contributed by atoms with Crippen molar-refractivity contribution in [3.8, 4) is 11.5 Å². The fourth-order valence-corrected chi connectivity index (χ4v) is 2.28. The Labute approximate surface area is 119 Å². The molecular weight excluding hydrogens is 256 g/mol. The van der Waals surface area contributed by atoms with E-state index in [1.165, 1.54) is 0 Å². The summed E-state index contributed by atoms with van der Waals surface area (Å²) < 4.78 is 10.6. The van der Waals surface area contributed by atoms with Gasteiger partial charge >= 0.3 is 0 Å². The van der Waals surface area contributed by atoms with Crippen molar-refractivity contribution in [2.45, 2.75) is 45.2 Å². The number of carbonyl (C=O) groups excluding carboxylic acids is 1. The van der Waals surface area contributed by atoms with Gasteiger partial charge in [-0.3, -0.25) is 4.79 Å². The summed E-state index contributed by atoms with van der Waals surface area (Å²) in [5.74, 6) is 1.46. The van der Waals surface area contributed by atoms with E-state index >= 15 is 0 Å². The Morgan fingerprint density at radius 2 is 2.15 bits per heavy atom. The minimum Gasteiger partial charge on any atom is -0.454 e. The van der Waals surface area contributed by atoms with E-state index in [1.807, 2.05) is 25.1 Å². The van der Waals surface area contributed by atoms with Gasteiger partial charge in [0.2, 0.25) is 12.7 Å². The first-order chi connectivity index (χ1) is 9.60. The van der Waals surface area contributed by atoms with Crippen LogP contribution in [0.2, 0.25) is 0 Å². The van der Waals surface area contributed by atoms with Gasteiger partial charge in [0.1, 0.15) is 0 Å². The first-order valence-electron chi connectivity index (χ1n) is 7.04. The third kappa shape index (κ3) is 3.63. The van der Waals surface area contributed by atoms with E-state index in [1.54, 1.807) is 0 Å². The van der Waals surface area contributed by atoms with Gasteiger partial charge in [0.15, 0.2) is 11.5 Å². The molecule has 20 heavy (non-hydrogen) atoms. The van der Waals surface area contributed by atoms with E-state index in [4.69, 9.17) is 15.2 Å². The minimum absolute atomic E-state index is 0.0175. The molecule has 1 amide bonds. The normalized spacial score (nSPS) is 15.8. The molecule has 0 spiro atoms. The van der Waals surface area contributed by atoms with Crippen molar-refractivity contribution in [2.24, 2.45) is 5.73 Å². The SMILES string of the molecule is CCCC(N)CC(=O)NC(C)c1ccc2c(c1)OCO2. The molecule has 110 valence electrons. The molecule has 2 atom stereocenters. The number of nitrogens with two attached hydrogens (primary N) is 1. The van der Waals surface area contributed by atoms with Crippen LogP contribution in [0, 0.1) is 0 Å². The fraction of sp³-hybridized carbons (Fsp3) is 0.533. The maximum absolute atomic E-state index is 11.9. The van der Waals surface area contributed by atoms with Crippen LogP contribution in [0.25, 0.3) is 0 Å². The Morgan fingerprint density at radius 3 is 2.90 bits per heavy atom. The highest BCUT2D eigenvalue weighted by atomic mass is 16.7. The molecule has 0 aliphatic carbocycles. The van der Waals surface area contributed by atoms with E-state index in [0.29, 0.717) is 6.42 Å². The van der Waals surface area contributed by atoms with E-state index in [9.17, 15) is 4.79 Å². The smallest absolute Gasteiger partial charge is 0.231 e. The lowest BCUT2D eigenvalue weighted by atomic mass is 10.1. The number of rotatable bonds is 6. The summed E-state index contributed by atoms with van der Waals surface area (Å²) in [4.78, 5) is 11.9. The third-order valence-electron chi connectivity index (χ3n) is 3.38. The topological polar surface area (TPSA) is 73.6 Å². The number of fused-ring (bicyclic) bond motifs is 1. The average molecular weight is 278 g/mol. The van der Waals surface area contributed by atoms with Crippen LogP contribution < -0.4 is 20.5 Å². The lowest BCUT2D eigenvalue weighted by Crippen LogP contribution is -2.33. The predicted molar refractivity (Wildman–Crippen MR) is 76.6 cm³/mol. The first kappa shape index (κ1) is 14.7. The van der Waals surface area contributed by atoms with Gasteiger partial charge in [0.05, 0.1) is 6.04 Å². The van der Waals surface area contributed by atoms with Gasteiger partial charge in [-0.2, -0.15) is 0 Å². The van der Waals surface area contributed by atoms with Crippen LogP contribution in [0.15, 0.2) is 18.2 Å². The second-order valence-electron chi connectivity index (χ2n) is 5.15. The maximum atomic E-state index is 11.9. The van der Waals surface area contributed by atoms with Gasteiger partial charge in [0.25, 0.3) is 0 Å². The van der Waals surface area contributed by atoms with Crippen LogP contribution >= 0.6 is 0 Å². The van der Waals surface area contributed by atoms with Crippen LogP contribution in [0.4, 0.5) is 0 Å². The zero-order valence-electron chi connectivity index (χ0n) is 12.0. The van der Waals surface area contributed by atoms with Crippen LogP contribution in [0.3, 0.4) is 0 Å². The van der Waals surface area contributed by atoms with Crippen LogP contribution in [0.5, 0.6) is 11.5 Å². The van der Waals surface area contributed by atoms with Crippen molar-refractivity contribution < 1.29 is 14.3 Å². The Bertz CT molecular complexity index is 476. The van der Waals surface area contributed by atoms with Crippen molar-refractivity contribution in [2.75, 3.05) is 6.79 Å². The lowest BCUT2D eigenvalue weighted by Gasteiger charge is -2.16. The third-order valence-corrected chi connectivity index (χ3v) is 3.38. The van der Waals surface area contributed by atoms with Gasteiger partial charge in [-0.05, 0) is 31.0 Å².